The molecule has 1 aromatic heterocycles. The summed E-state index contributed by atoms with van der Waals surface area (Å²) in [5.74, 6) is -1.29. The first-order chi connectivity index (χ1) is 11.2. The van der Waals surface area contributed by atoms with Crippen LogP contribution in [0.3, 0.4) is 0 Å². The minimum Gasteiger partial charge on any atom is -0.469 e. The highest BCUT2D eigenvalue weighted by Gasteiger charge is 2.44. The van der Waals surface area contributed by atoms with Gasteiger partial charge in [0.2, 0.25) is 5.91 Å². The van der Waals surface area contributed by atoms with E-state index in [4.69, 9.17) is 4.42 Å². The standard InChI is InChI=1S/C15H19F3N2O4/c1-9-11(4-7-24-9)14(23)19-8-12(21)20-5-2-10(3-6-20)13(22)15(16,17)18/h4,7,10,13,22H,2-3,5-6,8H2,1H3,(H,19,23). The number of alkyl halides is 3. The second kappa shape index (κ2) is 7.25. The van der Waals surface area contributed by atoms with E-state index in [1.54, 1.807) is 6.92 Å². The summed E-state index contributed by atoms with van der Waals surface area (Å²) in [5.41, 5.74) is 0.329. The van der Waals surface area contributed by atoms with Crippen LogP contribution in [0.25, 0.3) is 0 Å². The zero-order valence-corrected chi connectivity index (χ0v) is 13.1. The molecule has 1 fully saturated rings. The number of nitrogens with one attached hydrogen (secondary N) is 1. The maximum Gasteiger partial charge on any atom is 0.414 e. The smallest absolute Gasteiger partial charge is 0.414 e. The lowest BCUT2D eigenvalue weighted by atomic mass is 9.91. The number of carbonyl (C=O) groups is 2. The lowest BCUT2D eigenvalue weighted by Crippen LogP contribution is -2.47. The summed E-state index contributed by atoms with van der Waals surface area (Å²) in [6.45, 7) is 1.62. The Bertz CT molecular complexity index is 592. The molecule has 0 spiro atoms. The molecular formula is C15H19F3N2O4. The third-order valence-corrected chi connectivity index (χ3v) is 4.18. The second-order valence-corrected chi connectivity index (χ2v) is 5.78. The Balaban J connectivity index is 1.79. The Hall–Kier alpha value is -2.03. The van der Waals surface area contributed by atoms with Crippen molar-refractivity contribution in [3.8, 4) is 0 Å². The Morgan fingerprint density at radius 1 is 1.42 bits per heavy atom. The lowest BCUT2D eigenvalue weighted by Gasteiger charge is -2.34. The van der Waals surface area contributed by atoms with Crippen molar-refractivity contribution in [3.05, 3.63) is 23.7 Å². The maximum absolute atomic E-state index is 12.5. The Morgan fingerprint density at radius 3 is 2.54 bits per heavy atom. The largest absolute Gasteiger partial charge is 0.469 e. The van der Waals surface area contributed by atoms with Crippen LogP contribution in [-0.2, 0) is 4.79 Å². The SMILES string of the molecule is Cc1occc1C(=O)NCC(=O)N1CCC(C(O)C(F)(F)F)CC1. The molecule has 1 saturated heterocycles. The van der Waals surface area contributed by atoms with Gasteiger partial charge in [-0.15, -0.1) is 0 Å². The third kappa shape index (κ3) is 4.28. The first kappa shape index (κ1) is 18.3. The maximum atomic E-state index is 12.5. The predicted molar refractivity (Wildman–Crippen MR) is 77.1 cm³/mol. The molecule has 1 aliphatic heterocycles. The van der Waals surface area contributed by atoms with E-state index in [-0.39, 0.29) is 38.4 Å². The number of aryl methyl sites for hydroxylation is 1. The molecule has 134 valence electrons. The summed E-state index contributed by atoms with van der Waals surface area (Å²) in [5, 5.41) is 11.7. The highest BCUT2D eigenvalue weighted by Crippen LogP contribution is 2.31. The number of furan rings is 1. The van der Waals surface area contributed by atoms with Crippen LogP contribution in [0.5, 0.6) is 0 Å². The molecule has 6 nitrogen and oxygen atoms in total. The molecule has 1 atom stereocenters. The van der Waals surface area contributed by atoms with E-state index in [9.17, 15) is 27.9 Å². The van der Waals surface area contributed by atoms with E-state index in [0.29, 0.717) is 11.3 Å². The summed E-state index contributed by atoms with van der Waals surface area (Å²) >= 11 is 0. The molecule has 0 aromatic carbocycles. The highest BCUT2D eigenvalue weighted by atomic mass is 19.4. The van der Waals surface area contributed by atoms with E-state index in [0.717, 1.165) is 0 Å². The van der Waals surface area contributed by atoms with Gasteiger partial charge in [0.15, 0.2) is 6.10 Å². The molecule has 0 aliphatic carbocycles. The van der Waals surface area contributed by atoms with E-state index in [1.165, 1.54) is 17.2 Å². The second-order valence-electron chi connectivity index (χ2n) is 5.78. The monoisotopic (exact) mass is 348 g/mol. The number of aliphatic hydroxyl groups excluding tert-OH is 1. The van der Waals surface area contributed by atoms with Crippen molar-refractivity contribution in [2.24, 2.45) is 5.92 Å². The molecule has 1 aromatic rings. The van der Waals surface area contributed by atoms with Crippen molar-refractivity contribution in [2.75, 3.05) is 19.6 Å². The van der Waals surface area contributed by atoms with Gasteiger partial charge in [-0.05, 0) is 31.7 Å². The van der Waals surface area contributed by atoms with Gasteiger partial charge in [0.05, 0.1) is 18.4 Å². The number of halogens is 3. The molecule has 2 N–H and O–H groups in total. The van der Waals surface area contributed by atoms with Crippen LogP contribution in [-0.4, -0.2) is 53.7 Å². The molecule has 24 heavy (non-hydrogen) atoms. The summed E-state index contributed by atoms with van der Waals surface area (Å²) in [6.07, 6.45) is -5.50. The van der Waals surface area contributed by atoms with Crippen molar-refractivity contribution in [2.45, 2.75) is 32.0 Å². The summed E-state index contributed by atoms with van der Waals surface area (Å²) < 4.78 is 42.4. The van der Waals surface area contributed by atoms with Gasteiger partial charge in [0.1, 0.15) is 5.76 Å². The Labute approximate surface area is 136 Å². The van der Waals surface area contributed by atoms with Crippen LogP contribution in [0.15, 0.2) is 16.7 Å². The van der Waals surface area contributed by atoms with Crippen molar-refractivity contribution in [1.29, 1.82) is 0 Å². The number of likely N-dealkylation sites (tertiary alicyclic amines) is 1. The van der Waals surface area contributed by atoms with Crippen molar-refractivity contribution in [1.82, 2.24) is 10.2 Å². The number of piperidine rings is 1. The molecule has 9 heteroatoms. The van der Waals surface area contributed by atoms with Crippen molar-refractivity contribution < 1.29 is 32.3 Å². The van der Waals surface area contributed by atoms with Crippen LogP contribution in [0, 0.1) is 12.8 Å². The normalized spacial score (nSPS) is 17.6. The number of amides is 2. The fourth-order valence-electron chi connectivity index (χ4n) is 2.72. The zero-order chi connectivity index (χ0) is 17.9. The molecule has 2 heterocycles. The number of hydrogen-bond acceptors (Lipinski definition) is 4. The minimum absolute atomic E-state index is 0.0706. The third-order valence-electron chi connectivity index (χ3n) is 4.18. The summed E-state index contributed by atoms with van der Waals surface area (Å²) in [4.78, 5) is 25.3. The molecular weight excluding hydrogens is 329 g/mol. The highest BCUT2D eigenvalue weighted by molar-refractivity contribution is 5.97. The number of aliphatic hydroxyl groups is 1. The molecule has 0 saturated carbocycles. The Morgan fingerprint density at radius 2 is 2.04 bits per heavy atom. The van der Waals surface area contributed by atoms with Crippen LogP contribution in [0.4, 0.5) is 13.2 Å². The van der Waals surface area contributed by atoms with E-state index in [2.05, 4.69) is 5.32 Å². The Kier molecular flexibility index (Phi) is 5.53. The number of hydrogen-bond donors (Lipinski definition) is 2. The van der Waals surface area contributed by atoms with Crippen molar-refractivity contribution >= 4 is 11.8 Å². The number of rotatable bonds is 4. The van der Waals surface area contributed by atoms with Crippen LogP contribution in [0.1, 0.15) is 29.0 Å². The molecule has 2 amide bonds. The lowest BCUT2D eigenvalue weighted by molar-refractivity contribution is -0.222. The van der Waals surface area contributed by atoms with Gasteiger partial charge in [0, 0.05) is 13.1 Å². The molecule has 2 rings (SSSR count). The van der Waals surface area contributed by atoms with Crippen LogP contribution in [0.2, 0.25) is 0 Å². The predicted octanol–water partition coefficient (Wildman–Crippen LogP) is 1.48. The van der Waals surface area contributed by atoms with Gasteiger partial charge in [-0.2, -0.15) is 13.2 Å². The van der Waals surface area contributed by atoms with Crippen LogP contribution < -0.4 is 5.32 Å². The first-order valence-electron chi connectivity index (χ1n) is 7.55. The summed E-state index contributed by atoms with van der Waals surface area (Å²) in [7, 11) is 0. The van der Waals surface area contributed by atoms with Gasteiger partial charge >= 0.3 is 6.18 Å². The fourth-order valence-corrected chi connectivity index (χ4v) is 2.72. The van der Waals surface area contributed by atoms with Gasteiger partial charge < -0.3 is 19.7 Å². The quantitative estimate of drug-likeness (QED) is 0.863. The minimum atomic E-state index is -4.65. The van der Waals surface area contributed by atoms with Gasteiger partial charge in [0.25, 0.3) is 5.91 Å². The fraction of sp³-hybridized carbons (Fsp3) is 0.600. The molecule has 0 radical (unpaired) electrons. The van der Waals surface area contributed by atoms with Gasteiger partial charge in [-0.25, -0.2) is 0 Å². The van der Waals surface area contributed by atoms with Crippen molar-refractivity contribution in [3.63, 3.8) is 0 Å². The average molecular weight is 348 g/mol. The molecule has 0 bridgehead atoms. The average Bonchev–Trinajstić information content (AvgIpc) is 2.97. The molecule has 1 aliphatic rings. The number of carbonyl (C=O) groups excluding carboxylic acids is 2. The first-order valence-corrected chi connectivity index (χ1v) is 7.55. The summed E-state index contributed by atoms with van der Waals surface area (Å²) in [6, 6.07) is 1.49. The van der Waals surface area contributed by atoms with E-state index < -0.39 is 24.1 Å². The van der Waals surface area contributed by atoms with E-state index in [1.807, 2.05) is 0 Å². The molecule has 1 unspecified atom stereocenters. The van der Waals surface area contributed by atoms with Crippen LogP contribution >= 0.6 is 0 Å². The van der Waals surface area contributed by atoms with Gasteiger partial charge in [-0.3, -0.25) is 9.59 Å². The zero-order valence-electron chi connectivity index (χ0n) is 13.1. The van der Waals surface area contributed by atoms with E-state index >= 15 is 0 Å². The van der Waals surface area contributed by atoms with Gasteiger partial charge in [-0.1, -0.05) is 0 Å². The number of nitrogens with zero attached hydrogens (tertiary/aromatic N) is 1. The topological polar surface area (TPSA) is 82.8 Å².